The zero-order chi connectivity index (χ0) is 13.9. The van der Waals surface area contributed by atoms with E-state index in [2.05, 4.69) is 26.4 Å². The van der Waals surface area contributed by atoms with Crippen LogP contribution < -0.4 is 5.73 Å². The van der Waals surface area contributed by atoms with Crippen LogP contribution in [0.5, 0.6) is 0 Å². The van der Waals surface area contributed by atoms with E-state index in [1.54, 1.807) is 0 Å². The summed E-state index contributed by atoms with van der Waals surface area (Å²) in [5.41, 5.74) is 7.27. The average Bonchev–Trinajstić information content (AvgIpc) is 3.14. The van der Waals surface area contributed by atoms with Crippen LogP contribution in [0.15, 0.2) is 17.5 Å². The summed E-state index contributed by atoms with van der Waals surface area (Å²) in [7, 11) is 0. The summed E-state index contributed by atoms with van der Waals surface area (Å²) in [5.74, 6) is 0.634. The Hall–Kier alpha value is -1.56. The van der Waals surface area contributed by atoms with Crippen LogP contribution in [-0.2, 0) is 11.3 Å². The number of hydrogen-bond donors (Lipinski definition) is 1. The van der Waals surface area contributed by atoms with Gasteiger partial charge in [0.15, 0.2) is 5.96 Å². The predicted octanol–water partition coefficient (Wildman–Crippen LogP) is 1.14. The third-order valence-electron chi connectivity index (χ3n) is 4.07. The molecule has 110 valence electrons. The van der Waals surface area contributed by atoms with Gasteiger partial charge in [0.05, 0.1) is 36.9 Å². The molecule has 6 nitrogen and oxygen atoms in total. The van der Waals surface area contributed by atoms with Crippen LogP contribution in [0.3, 0.4) is 0 Å². The van der Waals surface area contributed by atoms with Gasteiger partial charge < -0.3 is 19.9 Å². The second kappa shape index (κ2) is 5.83. The molecule has 0 spiro atoms. The molecule has 3 rings (SSSR count). The molecule has 0 amide bonds. The van der Waals surface area contributed by atoms with E-state index in [-0.39, 0.29) is 12.1 Å². The molecule has 6 heteroatoms. The number of nitrogens with two attached hydrogens (primary N) is 1. The summed E-state index contributed by atoms with van der Waals surface area (Å²) >= 11 is 0. The van der Waals surface area contributed by atoms with Gasteiger partial charge in [0.1, 0.15) is 0 Å². The highest BCUT2D eigenvalue weighted by atomic mass is 16.5. The van der Waals surface area contributed by atoms with Gasteiger partial charge in [-0.15, -0.1) is 0 Å². The van der Waals surface area contributed by atoms with Crippen molar-refractivity contribution in [2.24, 2.45) is 10.7 Å². The fourth-order valence-corrected chi connectivity index (χ4v) is 3.05. The highest BCUT2D eigenvalue weighted by Crippen LogP contribution is 2.27. The summed E-state index contributed by atoms with van der Waals surface area (Å²) in [6.45, 7) is 5.58. The van der Waals surface area contributed by atoms with E-state index in [4.69, 9.17) is 10.5 Å². The zero-order valence-corrected chi connectivity index (χ0v) is 12.0. The quantitative estimate of drug-likeness (QED) is 0.876. The molecular weight excluding hydrogens is 254 g/mol. The van der Waals surface area contributed by atoms with Crippen LogP contribution in [0, 0.1) is 0 Å². The molecule has 1 fully saturated rings. The van der Waals surface area contributed by atoms with E-state index in [0.29, 0.717) is 12.5 Å². The van der Waals surface area contributed by atoms with Gasteiger partial charge in [-0.2, -0.15) is 0 Å². The van der Waals surface area contributed by atoms with Crippen molar-refractivity contribution in [3.8, 4) is 0 Å². The lowest BCUT2D eigenvalue weighted by molar-refractivity contribution is 0.0845. The monoisotopic (exact) mass is 277 g/mol. The van der Waals surface area contributed by atoms with Crippen LogP contribution in [0.4, 0.5) is 0 Å². The smallest absolute Gasteiger partial charge is 0.192 e. The highest BCUT2D eigenvalue weighted by molar-refractivity contribution is 5.80. The summed E-state index contributed by atoms with van der Waals surface area (Å²) in [4.78, 5) is 10.9. The highest BCUT2D eigenvalue weighted by Gasteiger charge is 2.32. The number of hydrogen-bond acceptors (Lipinski definition) is 5. The predicted molar refractivity (Wildman–Crippen MR) is 77.4 cm³/mol. The number of nitrogens with zero attached hydrogens (tertiary/aromatic N) is 4. The Morgan fingerprint density at radius 1 is 1.50 bits per heavy atom. The molecule has 1 aromatic rings. The Balaban J connectivity index is 1.75. The Bertz CT molecular complexity index is 478. The molecule has 0 aromatic carbocycles. The first kappa shape index (κ1) is 13.4. The molecular formula is C14H23N5O. The summed E-state index contributed by atoms with van der Waals surface area (Å²) in [5, 5.41) is 0. The van der Waals surface area contributed by atoms with Gasteiger partial charge in [-0.25, -0.2) is 4.98 Å². The van der Waals surface area contributed by atoms with Crippen molar-refractivity contribution < 1.29 is 4.74 Å². The number of aliphatic imine (C=N–C) groups is 1. The van der Waals surface area contributed by atoms with Crippen molar-refractivity contribution in [1.29, 1.82) is 0 Å². The van der Waals surface area contributed by atoms with Crippen molar-refractivity contribution in [2.75, 3.05) is 19.7 Å². The summed E-state index contributed by atoms with van der Waals surface area (Å²) in [6.07, 6.45) is 7.48. The van der Waals surface area contributed by atoms with Gasteiger partial charge in [0.2, 0.25) is 0 Å². The molecule has 0 bridgehead atoms. The van der Waals surface area contributed by atoms with Gasteiger partial charge in [-0.05, 0) is 19.3 Å². The molecule has 2 unspecified atom stereocenters. The lowest BCUT2D eigenvalue weighted by atomic mass is 10.1. The van der Waals surface area contributed by atoms with Crippen molar-refractivity contribution in [1.82, 2.24) is 14.5 Å². The number of aryl methyl sites for hydroxylation is 1. The Labute approximate surface area is 119 Å². The molecule has 2 N–H and O–H groups in total. The lowest BCUT2D eigenvalue weighted by Crippen LogP contribution is -2.41. The third kappa shape index (κ3) is 2.52. The SMILES string of the molecule is CCCn1cncc1C1CN=C(N)N1CC1CCCO1. The van der Waals surface area contributed by atoms with Gasteiger partial charge >= 0.3 is 0 Å². The maximum absolute atomic E-state index is 6.07. The van der Waals surface area contributed by atoms with Gasteiger partial charge in [0, 0.05) is 19.7 Å². The second-order valence-electron chi connectivity index (χ2n) is 5.51. The Morgan fingerprint density at radius 2 is 2.40 bits per heavy atom. The third-order valence-corrected chi connectivity index (χ3v) is 4.07. The minimum atomic E-state index is 0.202. The maximum atomic E-state index is 6.07. The Kier molecular flexibility index (Phi) is 3.91. The largest absolute Gasteiger partial charge is 0.376 e. The molecule has 3 heterocycles. The summed E-state index contributed by atoms with van der Waals surface area (Å²) in [6, 6.07) is 0.202. The molecule has 0 aliphatic carbocycles. The maximum Gasteiger partial charge on any atom is 0.192 e. The van der Waals surface area contributed by atoms with Crippen molar-refractivity contribution in [3.05, 3.63) is 18.2 Å². The molecule has 0 radical (unpaired) electrons. The van der Waals surface area contributed by atoms with E-state index in [1.165, 1.54) is 5.69 Å². The molecule has 1 saturated heterocycles. The molecule has 2 aliphatic heterocycles. The van der Waals surface area contributed by atoms with Crippen LogP contribution in [0.25, 0.3) is 0 Å². The van der Waals surface area contributed by atoms with Gasteiger partial charge in [-0.3, -0.25) is 4.99 Å². The van der Waals surface area contributed by atoms with E-state index in [1.807, 2.05) is 12.5 Å². The van der Waals surface area contributed by atoms with Crippen LogP contribution >= 0.6 is 0 Å². The zero-order valence-electron chi connectivity index (χ0n) is 12.0. The fraction of sp³-hybridized carbons (Fsp3) is 0.714. The minimum absolute atomic E-state index is 0.202. The van der Waals surface area contributed by atoms with Gasteiger partial charge in [-0.1, -0.05) is 6.92 Å². The fourth-order valence-electron chi connectivity index (χ4n) is 3.05. The standard InChI is InChI=1S/C14H23N5O/c1-2-5-18-10-16-7-12(18)13-8-17-14(15)19(13)9-11-4-3-6-20-11/h7,10-11,13H,2-6,8-9H2,1H3,(H2,15,17). The average molecular weight is 277 g/mol. The van der Waals surface area contributed by atoms with Crippen LogP contribution in [0.2, 0.25) is 0 Å². The second-order valence-corrected chi connectivity index (χ2v) is 5.51. The topological polar surface area (TPSA) is 68.7 Å². The first-order valence-corrected chi connectivity index (χ1v) is 7.47. The number of imidazole rings is 1. The number of rotatable bonds is 5. The molecule has 2 atom stereocenters. The first-order valence-electron chi connectivity index (χ1n) is 7.47. The van der Waals surface area contributed by atoms with E-state index < -0.39 is 0 Å². The summed E-state index contributed by atoms with van der Waals surface area (Å²) < 4.78 is 7.94. The van der Waals surface area contributed by atoms with E-state index >= 15 is 0 Å². The number of aromatic nitrogens is 2. The molecule has 20 heavy (non-hydrogen) atoms. The molecule has 1 aromatic heterocycles. The van der Waals surface area contributed by atoms with Crippen molar-refractivity contribution >= 4 is 5.96 Å². The van der Waals surface area contributed by atoms with Crippen molar-refractivity contribution in [2.45, 2.75) is 44.9 Å². The minimum Gasteiger partial charge on any atom is -0.376 e. The first-order chi connectivity index (χ1) is 9.79. The van der Waals surface area contributed by atoms with E-state index in [9.17, 15) is 0 Å². The van der Waals surface area contributed by atoms with Crippen LogP contribution in [-0.4, -0.2) is 46.2 Å². The van der Waals surface area contributed by atoms with Gasteiger partial charge in [0.25, 0.3) is 0 Å². The van der Waals surface area contributed by atoms with Crippen LogP contribution in [0.1, 0.15) is 37.9 Å². The molecule has 0 saturated carbocycles. The normalized spacial score (nSPS) is 26.2. The number of ether oxygens (including phenoxy) is 1. The van der Waals surface area contributed by atoms with Crippen molar-refractivity contribution in [3.63, 3.8) is 0 Å². The lowest BCUT2D eigenvalue weighted by Gasteiger charge is -2.29. The Morgan fingerprint density at radius 3 is 3.15 bits per heavy atom. The number of guanidine groups is 1. The van der Waals surface area contributed by atoms with E-state index in [0.717, 1.165) is 39.0 Å². The molecule has 2 aliphatic rings.